The fourth-order valence-corrected chi connectivity index (χ4v) is 4.82. The number of carbonyl (C=O) groups is 3. The number of nitrogens with zero attached hydrogens (tertiary/aromatic N) is 1. The first-order valence-corrected chi connectivity index (χ1v) is 11.4. The van der Waals surface area contributed by atoms with Crippen LogP contribution in [0.5, 0.6) is 0 Å². The predicted octanol–water partition coefficient (Wildman–Crippen LogP) is 2.52. The van der Waals surface area contributed by atoms with Crippen LogP contribution in [-0.4, -0.2) is 41.3 Å². The number of nitrogens with two attached hydrogens (primary N) is 1. The molecule has 2 unspecified atom stereocenters. The molecule has 1 aromatic heterocycles. The van der Waals surface area contributed by atoms with Crippen LogP contribution in [0.25, 0.3) is 10.1 Å². The van der Waals surface area contributed by atoms with Gasteiger partial charge in [0.15, 0.2) is 0 Å². The Bertz CT molecular complexity index is 1220. The quantitative estimate of drug-likeness (QED) is 0.300. The lowest BCUT2D eigenvalue weighted by atomic mass is 10.0. The smallest absolute Gasteiger partial charge is 0.304 e. The van der Waals surface area contributed by atoms with Crippen LogP contribution in [0.4, 0.5) is 0 Å². The van der Waals surface area contributed by atoms with E-state index in [0.29, 0.717) is 23.7 Å². The van der Waals surface area contributed by atoms with Crippen LogP contribution in [0, 0.1) is 5.92 Å². The summed E-state index contributed by atoms with van der Waals surface area (Å²) in [5, 5.41) is 15.4. The van der Waals surface area contributed by atoms with Crippen LogP contribution in [0.15, 0.2) is 59.6 Å². The zero-order valence-electron chi connectivity index (χ0n) is 17.8. The fraction of sp³-hybridized carbons (Fsp3) is 0.250. The molecule has 1 aliphatic rings. The first-order valence-electron chi connectivity index (χ1n) is 10.6. The van der Waals surface area contributed by atoms with Crippen LogP contribution in [0.2, 0.25) is 0 Å². The standard InChI is InChI=1S/C24H24N4O4S/c25-22(26-12-14-4-2-1-3-5-14)16-7-6-15-9-20(33-19(15)10-16)24(32)27-13-18-8-17(11-21(29)30)23(31)28-18/h1-7,9-10,17-18H,8,11-13H2,(H2,25,26)(H,27,32)(H,28,31)(H,29,30). The van der Waals surface area contributed by atoms with Crippen molar-refractivity contribution >= 4 is 45.0 Å². The zero-order chi connectivity index (χ0) is 23.4. The van der Waals surface area contributed by atoms with Crippen molar-refractivity contribution in [3.8, 4) is 0 Å². The summed E-state index contributed by atoms with van der Waals surface area (Å²) in [6, 6.07) is 17.1. The van der Waals surface area contributed by atoms with E-state index in [1.54, 1.807) is 0 Å². The predicted molar refractivity (Wildman–Crippen MR) is 127 cm³/mol. The van der Waals surface area contributed by atoms with E-state index in [-0.39, 0.29) is 30.8 Å². The molecule has 5 N–H and O–H groups in total. The maximum absolute atomic E-state index is 12.6. The number of carboxylic acid groups (broad SMARTS) is 1. The second-order valence-electron chi connectivity index (χ2n) is 8.00. The number of fused-ring (bicyclic) bond motifs is 1. The molecule has 8 nitrogen and oxygen atoms in total. The van der Waals surface area contributed by atoms with E-state index in [2.05, 4.69) is 15.6 Å². The molecule has 2 atom stereocenters. The first kappa shape index (κ1) is 22.5. The molecular weight excluding hydrogens is 440 g/mol. The molecule has 2 aromatic carbocycles. The molecule has 170 valence electrons. The number of amidine groups is 1. The highest BCUT2D eigenvalue weighted by molar-refractivity contribution is 7.20. The second-order valence-corrected chi connectivity index (χ2v) is 9.08. The molecule has 33 heavy (non-hydrogen) atoms. The third-order valence-electron chi connectivity index (χ3n) is 5.53. The van der Waals surface area contributed by atoms with Crippen LogP contribution in [0.3, 0.4) is 0 Å². The van der Waals surface area contributed by atoms with Crippen molar-refractivity contribution in [3.05, 3.63) is 70.6 Å². The Labute approximate surface area is 194 Å². The van der Waals surface area contributed by atoms with Gasteiger partial charge in [-0.05, 0) is 29.5 Å². The molecule has 0 saturated carbocycles. The number of nitrogens with one attached hydrogen (secondary N) is 2. The van der Waals surface area contributed by atoms with Crippen molar-refractivity contribution < 1.29 is 19.5 Å². The lowest BCUT2D eigenvalue weighted by molar-refractivity contribution is -0.140. The molecule has 2 heterocycles. The van der Waals surface area contributed by atoms with Gasteiger partial charge in [0.25, 0.3) is 5.91 Å². The number of hydrogen-bond acceptors (Lipinski definition) is 5. The van der Waals surface area contributed by atoms with Crippen molar-refractivity contribution in [1.29, 1.82) is 0 Å². The van der Waals surface area contributed by atoms with Gasteiger partial charge < -0.3 is 21.5 Å². The minimum absolute atomic E-state index is 0.202. The van der Waals surface area contributed by atoms with Gasteiger partial charge in [0.2, 0.25) is 5.91 Å². The summed E-state index contributed by atoms with van der Waals surface area (Å²) in [6.45, 7) is 0.743. The maximum Gasteiger partial charge on any atom is 0.304 e. The highest BCUT2D eigenvalue weighted by Gasteiger charge is 2.33. The summed E-state index contributed by atoms with van der Waals surface area (Å²) in [7, 11) is 0. The van der Waals surface area contributed by atoms with Crippen LogP contribution < -0.4 is 16.4 Å². The molecule has 0 spiro atoms. The Morgan fingerprint density at radius 3 is 2.73 bits per heavy atom. The average molecular weight is 465 g/mol. The summed E-state index contributed by atoms with van der Waals surface area (Å²) in [5.41, 5.74) is 8.04. The van der Waals surface area contributed by atoms with Crippen molar-refractivity contribution in [1.82, 2.24) is 10.6 Å². The summed E-state index contributed by atoms with van der Waals surface area (Å²) in [4.78, 5) is 40.4. The number of benzene rings is 2. The maximum atomic E-state index is 12.6. The molecule has 9 heteroatoms. The van der Waals surface area contributed by atoms with E-state index in [1.165, 1.54) is 11.3 Å². The molecular formula is C24H24N4O4S. The Hall–Kier alpha value is -3.72. The van der Waals surface area contributed by atoms with Crippen LogP contribution in [-0.2, 0) is 16.1 Å². The average Bonchev–Trinajstić information content (AvgIpc) is 3.38. The molecule has 2 amide bonds. The largest absolute Gasteiger partial charge is 0.481 e. The molecule has 0 aliphatic carbocycles. The van der Waals surface area contributed by atoms with E-state index in [1.807, 2.05) is 54.6 Å². The Balaban J connectivity index is 1.38. The number of thiophene rings is 1. The molecule has 0 bridgehead atoms. The van der Waals surface area contributed by atoms with Crippen molar-refractivity contribution in [2.45, 2.75) is 25.4 Å². The zero-order valence-corrected chi connectivity index (χ0v) is 18.6. The Morgan fingerprint density at radius 2 is 1.97 bits per heavy atom. The van der Waals surface area contributed by atoms with Crippen molar-refractivity contribution in [2.24, 2.45) is 16.6 Å². The third-order valence-corrected chi connectivity index (χ3v) is 6.63. The van der Waals surface area contributed by atoms with Crippen LogP contribution >= 0.6 is 11.3 Å². The van der Waals surface area contributed by atoms with E-state index in [4.69, 9.17) is 10.8 Å². The van der Waals surface area contributed by atoms with Gasteiger partial charge in [-0.2, -0.15) is 0 Å². The Morgan fingerprint density at radius 1 is 1.18 bits per heavy atom. The highest BCUT2D eigenvalue weighted by Crippen LogP contribution is 2.27. The number of aliphatic carboxylic acids is 1. The number of amides is 2. The summed E-state index contributed by atoms with van der Waals surface area (Å²) in [5.74, 6) is -1.64. The Kier molecular flexibility index (Phi) is 6.69. The van der Waals surface area contributed by atoms with Gasteiger partial charge in [0, 0.05) is 22.8 Å². The van der Waals surface area contributed by atoms with Gasteiger partial charge in [0.1, 0.15) is 5.84 Å². The number of aliphatic imine (C=N–C) groups is 1. The summed E-state index contributed by atoms with van der Waals surface area (Å²) < 4.78 is 0.922. The minimum atomic E-state index is -1.00. The van der Waals surface area contributed by atoms with E-state index in [9.17, 15) is 14.4 Å². The van der Waals surface area contributed by atoms with Gasteiger partial charge in [-0.25, -0.2) is 0 Å². The van der Waals surface area contributed by atoms with Gasteiger partial charge in [-0.15, -0.1) is 11.3 Å². The number of rotatable bonds is 8. The SMILES string of the molecule is NC(=NCc1ccccc1)c1ccc2cc(C(=O)NCC3CC(CC(=O)O)C(=O)N3)sc2c1. The number of carboxylic acids is 1. The van der Waals surface area contributed by atoms with Gasteiger partial charge in [-0.1, -0.05) is 42.5 Å². The monoisotopic (exact) mass is 464 g/mol. The lowest BCUT2D eigenvalue weighted by Crippen LogP contribution is -2.38. The molecule has 1 saturated heterocycles. The third kappa shape index (κ3) is 5.56. The van der Waals surface area contributed by atoms with Crippen molar-refractivity contribution in [2.75, 3.05) is 6.54 Å². The molecule has 4 rings (SSSR count). The number of carbonyl (C=O) groups excluding carboxylic acids is 2. The molecule has 0 radical (unpaired) electrons. The second kappa shape index (κ2) is 9.83. The summed E-state index contributed by atoms with van der Waals surface area (Å²) >= 11 is 1.36. The summed E-state index contributed by atoms with van der Waals surface area (Å²) in [6.07, 6.45) is 0.190. The first-order chi connectivity index (χ1) is 15.9. The van der Waals surface area contributed by atoms with E-state index >= 15 is 0 Å². The fourth-order valence-electron chi connectivity index (χ4n) is 3.81. The van der Waals surface area contributed by atoms with Gasteiger partial charge in [0.05, 0.1) is 23.8 Å². The normalized spacial score (nSPS) is 18.3. The van der Waals surface area contributed by atoms with E-state index < -0.39 is 11.9 Å². The lowest BCUT2D eigenvalue weighted by Gasteiger charge is -2.10. The van der Waals surface area contributed by atoms with Crippen LogP contribution in [0.1, 0.15) is 33.6 Å². The van der Waals surface area contributed by atoms with Crippen molar-refractivity contribution in [3.63, 3.8) is 0 Å². The molecule has 1 aliphatic heterocycles. The minimum Gasteiger partial charge on any atom is -0.481 e. The van der Waals surface area contributed by atoms with Gasteiger partial charge >= 0.3 is 5.97 Å². The highest BCUT2D eigenvalue weighted by atomic mass is 32.1. The molecule has 1 fully saturated rings. The van der Waals surface area contributed by atoms with Gasteiger partial charge in [-0.3, -0.25) is 19.4 Å². The van der Waals surface area contributed by atoms with E-state index in [0.717, 1.165) is 21.2 Å². The topological polar surface area (TPSA) is 134 Å². The number of hydrogen-bond donors (Lipinski definition) is 4. The molecule has 3 aromatic rings.